The number of rotatable bonds is 2. The molecule has 94 valence electrons. The lowest BCUT2D eigenvalue weighted by atomic mass is 10.2. The van der Waals surface area contributed by atoms with Crippen molar-refractivity contribution in [2.75, 3.05) is 12.3 Å². The molecule has 0 unspecified atom stereocenters. The Kier molecular flexibility index (Phi) is 1.91. The normalized spacial score (nSPS) is 33.8. The molecule has 8 nitrogen and oxygen atoms in total. The van der Waals surface area contributed by atoms with Crippen LogP contribution in [0.15, 0.2) is 12.7 Å². The number of nitrogen functional groups attached to an aromatic ring is 1. The van der Waals surface area contributed by atoms with Gasteiger partial charge < -0.3 is 20.3 Å². The summed E-state index contributed by atoms with van der Waals surface area (Å²) in [4.78, 5) is 12.2. The van der Waals surface area contributed by atoms with E-state index >= 15 is 0 Å². The number of hydrogen-bond donors (Lipinski definition) is 2. The van der Waals surface area contributed by atoms with Gasteiger partial charge in [0.15, 0.2) is 17.7 Å². The van der Waals surface area contributed by atoms with Gasteiger partial charge in [-0.25, -0.2) is 15.0 Å². The van der Waals surface area contributed by atoms with E-state index in [9.17, 15) is 0 Å². The van der Waals surface area contributed by atoms with Crippen LogP contribution in [0.3, 0.4) is 0 Å². The van der Waals surface area contributed by atoms with E-state index in [0.29, 0.717) is 17.0 Å². The molecule has 4 rings (SSSR count). The van der Waals surface area contributed by atoms with Crippen LogP contribution in [-0.4, -0.2) is 49.5 Å². The predicted molar refractivity (Wildman–Crippen MR) is 59.4 cm³/mol. The zero-order chi connectivity index (χ0) is 12.3. The van der Waals surface area contributed by atoms with Crippen LogP contribution >= 0.6 is 0 Å². The molecule has 18 heavy (non-hydrogen) atoms. The summed E-state index contributed by atoms with van der Waals surface area (Å²) < 4.78 is 12.9. The molecule has 4 atom stereocenters. The molecular formula is C10H11N5O3. The summed E-state index contributed by atoms with van der Waals surface area (Å²) in [6.45, 7) is -0.0541. The molecule has 2 aliphatic heterocycles. The Labute approximate surface area is 101 Å². The third-order valence-electron chi connectivity index (χ3n) is 3.36. The molecule has 3 N–H and O–H groups in total. The van der Waals surface area contributed by atoms with Crippen LogP contribution in [0.5, 0.6) is 0 Å². The maximum atomic E-state index is 9.16. The Bertz CT molecular complexity index is 615. The summed E-state index contributed by atoms with van der Waals surface area (Å²) in [5, 5.41) is 9.16. The Balaban J connectivity index is 1.78. The zero-order valence-corrected chi connectivity index (χ0v) is 9.30. The van der Waals surface area contributed by atoms with Crippen molar-refractivity contribution in [2.45, 2.75) is 24.5 Å². The summed E-state index contributed by atoms with van der Waals surface area (Å²) in [5.74, 6) is 0.337. The van der Waals surface area contributed by atoms with Crippen molar-refractivity contribution in [1.82, 2.24) is 19.5 Å². The molecule has 0 aliphatic carbocycles. The molecule has 8 heteroatoms. The highest BCUT2D eigenvalue weighted by Gasteiger charge is 2.58. The number of aliphatic hydroxyl groups excluding tert-OH is 1. The van der Waals surface area contributed by atoms with Gasteiger partial charge in [0, 0.05) is 0 Å². The van der Waals surface area contributed by atoms with Crippen molar-refractivity contribution in [1.29, 1.82) is 0 Å². The lowest BCUT2D eigenvalue weighted by Gasteiger charge is -2.17. The molecule has 0 saturated carbocycles. The number of imidazole rings is 1. The number of epoxide rings is 1. The first-order chi connectivity index (χ1) is 8.79. The molecule has 2 aliphatic rings. The molecular weight excluding hydrogens is 238 g/mol. The van der Waals surface area contributed by atoms with E-state index in [4.69, 9.17) is 20.3 Å². The smallest absolute Gasteiger partial charge is 0.167 e. The van der Waals surface area contributed by atoms with Gasteiger partial charge in [0.1, 0.15) is 30.2 Å². The second-order valence-electron chi connectivity index (χ2n) is 4.40. The van der Waals surface area contributed by atoms with E-state index in [0.717, 1.165) is 0 Å². The van der Waals surface area contributed by atoms with Crippen molar-refractivity contribution < 1.29 is 14.6 Å². The van der Waals surface area contributed by atoms with Crippen LogP contribution in [0.4, 0.5) is 5.82 Å². The van der Waals surface area contributed by atoms with Crippen LogP contribution in [0.1, 0.15) is 6.23 Å². The first-order valence-electron chi connectivity index (χ1n) is 5.64. The van der Waals surface area contributed by atoms with Gasteiger partial charge in [-0.3, -0.25) is 4.57 Å². The first kappa shape index (κ1) is 10.2. The summed E-state index contributed by atoms with van der Waals surface area (Å²) >= 11 is 0. The van der Waals surface area contributed by atoms with Crippen molar-refractivity contribution in [3.63, 3.8) is 0 Å². The summed E-state index contributed by atoms with van der Waals surface area (Å²) in [5.41, 5.74) is 6.89. The Morgan fingerprint density at radius 2 is 2.17 bits per heavy atom. The van der Waals surface area contributed by atoms with Gasteiger partial charge in [-0.05, 0) is 0 Å². The lowest BCUT2D eigenvalue weighted by Crippen LogP contribution is -2.22. The molecule has 2 aromatic heterocycles. The van der Waals surface area contributed by atoms with Crippen LogP contribution in [0, 0.1) is 0 Å². The van der Waals surface area contributed by atoms with Gasteiger partial charge >= 0.3 is 0 Å². The van der Waals surface area contributed by atoms with Crippen LogP contribution in [0.25, 0.3) is 11.2 Å². The highest BCUT2D eigenvalue weighted by Crippen LogP contribution is 2.45. The fourth-order valence-corrected chi connectivity index (χ4v) is 2.43. The van der Waals surface area contributed by atoms with E-state index < -0.39 is 0 Å². The number of anilines is 1. The largest absolute Gasteiger partial charge is 0.394 e. The number of fused-ring (bicyclic) bond motifs is 2. The summed E-state index contributed by atoms with van der Waals surface area (Å²) in [6.07, 6.45) is 2.33. The standard InChI is InChI=1S/C10H11N5O3/c11-8-5-9(13-2-12-8)15(3-14-5)10-7-6(18-7)4(1-16)17-10/h2-4,6-7,10,16H,1H2,(H2,11,12,13)/t4-,6-,7+,10+/m0/s1. The number of aromatic nitrogens is 4. The monoisotopic (exact) mass is 249 g/mol. The number of hydrogen-bond acceptors (Lipinski definition) is 7. The number of ether oxygens (including phenoxy) is 2. The van der Waals surface area contributed by atoms with Crippen molar-refractivity contribution in [3.8, 4) is 0 Å². The fourth-order valence-electron chi connectivity index (χ4n) is 2.43. The van der Waals surface area contributed by atoms with Gasteiger partial charge in [-0.1, -0.05) is 0 Å². The second kappa shape index (κ2) is 3.37. The average Bonchev–Trinajstić information content (AvgIpc) is 2.91. The van der Waals surface area contributed by atoms with Gasteiger partial charge in [0.2, 0.25) is 0 Å². The Morgan fingerprint density at radius 3 is 2.94 bits per heavy atom. The molecule has 0 spiro atoms. The van der Waals surface area contributed by atoms with Gasteiger partial charge in [0.05, 0.1) is 12.9 Å². The molecule has 0 amide bonds. The number of nitrogens with two attached hydrogens (primary N) is 1. The van der Waals surface area contributed by atoms with E-state index in [1.165, 1.54) is 6.33 Å². The predicted octanol–water partition coefficient (Wildman–Crippen LogP) is -0.934. The van der Waals surface area contributed by atoms with Gasteiger partial charge in [0.25, 0.3) is 0 Å². The third kappa shape index (κ3) is 1.22. The number of aliphatic hydroxyl groups is 1. The number of nitrogens with zero attached hydrogens (tertiary/aromatic N) is 4. The van der Waals surface area contributed by atoms with Gasteiger partial charge in [-0.2, -0.15) is 0 Å². The Hall–Kier alpha value is -1.77. The Morgan fingerprint density at radius 1 is 1.28 bits per heavy atom. The molecule has 2 fully saturated rings. The van der Waals surface area contributed by atoms with Crippen molar-refractivity contribution >= 4 is 17.0 Å². The van der Waals surface area contributed by atoms with Crippen LogP contribution in [0.2, 0.25) is 0 Å². The van der Waals surface area contributed by atoms with E-state index in [-0.39, 0.29) is 31.1 Å². The summed E-state index contributed by atoms with van der Waals surface area (Å²) in [6, 6.07) is 0. The van der Waals surface area contributed by atoms with Crippen molar-refractivity contribution in [3.05, 3.63) is 12.7 Å². The van der Waals surface area contributed by atoms with E-state index in [2.05, 4.69) is 15.0 Å². The maximum Gasteiger partial charge on any atom is 0.167 e. The lowest BCUT2D eigenvalue weighted by molar-refractivity contribution is -0.0823. The zero-order valence-electron chi connectivity index (χ0n) is 9.30. The molecule has 4 heterocycles. The molecule has 0 radical (unpaired) electrons. The maximum absolute atomic E-state index is 9.16. The molecule has 0 aromatic carbocycles. The van der Waals surface area contributed by atoms with E-state index in [1.807, 2.05) is 0 Å². The molecule has 2 saturated heterocycles. The minimum absolute atomic E-state index is 0.0309. The summed E-state index contributed by atoms with van der Waals surface area (Å²) in [7, 11) is 0. The highest BCUT2D eigenvalue weighted by atomic mass is 16.7. The van der Waals surface area contributed by atoms with E-state index in [1.54, 1.807) is 10.9 Å². The van der Waals surface area contributed by atoms with Crippen LogP contribution < -0.4 is 5.73 Å². The minimum Gasteiger partial charge on any atom is -0.394 e. The highest BCUT2D eigenvalue weighted by molar-refractivity contribution is 5.81. The SMILES string of the molecule is Nc1ncnc2c1ncn2[C@@H]1O[C@@H](CO)[C@@H]2O[C@H]21. The minimum atomic E-state index is -0.313. The van der Waals surface area contributed by atoms with Crippen LogP contribution in [-0.2, 0) is 9.47 Å². The van der Waals surface area contributed by atoms with Gasteiger partial charge in [-0.15, -0.1) is 0 Å². The quantitative estimate of drug-likeness (QED) is 0.661. The van der Waals surface area contributed by atoms with Crippen molar-refractivity contribution in [2.24, 2.45) is 0 Å². The molecule has 2 aromatic rings. The third-order valence-corrected chi connectivity index (χ3v) is 3.36. The first-order valence-corrected chi connectivity index (χ1v) is 5.64. The second-order valence-corrected chi connectivity index (χ2v) is 4.40. The topological polar surface area (TPSA) is 112 Å². The average molecular weight is 249 g/mol. The molecule has 0 bridgehead atoms. The fraction of sp³-hybridized carbons (Fsp3) is 0.500.